The fourth-order valence-electron chi connectivity index (χ4n) is 2.49. The van der Waals surface area contributed by atoms with Crippen LogP contribution in [0.25, 0.3) is 10.7 Å². The van der Waals surface area contributed by atoms with Gasteiger partial charge in [-0.15, -0.1) is 21.5 Å². The standard InChI is InChI=1S/C13H18N4S/c1-3-4-10-12-15-16-13(17(12)8-7-14-10)11-6-5-9(2)18-11/h5-6,10,14H,3-4,7-8H2,1-2H3. The van der Waals surface area contributed by atoms with Gasteiger partial charge in [-0.3, -0.25) is 0 Å². The lowest BCUT2D eigenvalue weighted by Crippen LogP contribution is -2.33. The highest BCUT2D eigenvalue weighted by atomic mass is 32.1. The Labute approximate surface area is 111 Å². The van der Waals surface area contributed by atoms with Gasteiger partial charge in [0.05, 0.1) is 10.9 Å². The second-order valence-corrected chi connectivity index (χ2v) is 6.03. The van der Waals surface area contributed by atoms with Gasteiger partial charge in [0.2, 0.25) is 0 Å². The topological polar surface area (TPSA) is 42.7 Å². The summed E-state index contributed by atoms with van der Waals surface area (Å²) in [4.78, 5) is 2.55. The highest BCUT2D eigenvalue weighted by Gasteiger charge is 2.24. The van der Waals surface area contributed by atoms with E-state index in [1.165, 1.54) is 9.75 Å². The normalized spacial score (nSPS) is 18.9. The molecule has 96 valence electrons. The van der Waals surface area contributed by atoms with Crippen LogP contribution in [-0.4, -0.2) is 21.3 Å². The fraction of sp³-hybridized carbons (Fsp3) is 0.538. The Balaban J connectivity index is 1.99. The molecule has 0 radical (unpaired) electrons. The third kappa shape index (κ3) is 1.97. The molecule has 0 saturated heterocycles. The average Bonchev–Trinajstić information content (AvgIpc) is 2.96. The highest BCUT2D eigenvalue weighted by molar-refractivity contribution is 7.15. The smallest absolute Gasteiger partial charge is 0.174 e. The van der Waals surface area contributed by atoms with Gasteiger partial charge in [-0.2, -0.15) is 0 Å². The molecule has 18 heavy (non-hydrogen) atoms. The van der Waals surface area contributed by atoms with Crippen molar-refractivity contribution in [3.8, 4) is 10.7 Å². The number of nitrogens with zero attached hydrogens (tertiary/aromatic N) is 3. The molecule has 2 aromatic heterocycles. The van der Waals surface area contributed by atoms with Crippen LogP contribution in [-0.2, 0) is 6.54 Å². The molecule has 4 nitrogen and oxygen atoms in total. The van der Waals surface area contributed by atoms with Crippen molar-refractivity contribution in [3.63, 3.8) is 0 Å². The van der Waals surface area contributed by atoms with Crippen LogP contribution in [0.1, 0.15) is 36.5 Å². The first kappa shape index (κ1) is 11.9. The molecule has 1 N–H and O–H groups in total. The van der Waals surface area contributed by atoms with E-state index in [0.29, 0.717) is 6.04 Å². The molecule has 1 aliphatic rings. The van der Waals surface area contributed by atoms with Crippen LogP contribution >= 0.6 is 11.3 Å². The zero-order valence-electron chi connectivity index (χ0n) is 10.8. The number of fused-ring (bicyclic) bond motifs is 1. The zero-order valence-corrected chi connectivity index (χ0v) is 11.6. The Morgan fingerprint density at radius 3 is 3.06 bits per heavy atom. The summed E-state index contributed by atoms with van der Waals surface area (Å²) in [5.74, 6) is 2.13. The van der Waals surface area contributed by atoms with Crippen molar-refractivity contribution in [2.75, 3.05) is 6.54 Å². The van der Waals surface area contributed by atoms with E-state index < -0.39 is 0 Å². The van der Waals surface area contributed by atoms with E-state index in [4.69, 9.17) is 0 Å². The maximum Gasteiger partial charge on any atom is 0.174 e. The van der Waals surface area contributed by atoms with Crippen molar-refractivity contribution in [2.24, 2.45) is 0 Å². The fourth-order valence-corrected chi connectivity index (χ4v) is 3.35. The Hall–Kier alpha value is -1.20. The number of thiophene rings is 1. The average molecular weight is 262 g/mol. The summed E-state index contributed by atoms with van der Waals surface area (Å²) >= 11 is 1.79. The maximum absolute atomic E-state index is 4.40. The SMILES string of the molecule is CCCC1NCCn2c(-c3ccc(C)s3)nnc21. The molecule has 0 fully saturated rings. The minimum absolute atomic E-state index is 0.367. The van der Waals surface area contributed by atoms with Crippen molar-refractivity contribution in [1.82, 2.24) is 20.1 Å². The molecule has 1 atom stereocenters. The largest absolute Gasteiger partial charge is 0.308 e. The van der Waals surface area contributed by atoms with Crippen molar-refractivity contribution < 1.29 is 0 Å². The zero-order chi connectivity index (χ0) is 12.5. The predicted molar refractivity (Wildman–Crippen MR) is 73.7 cm³/mol. The molecule has 0 aliphatic carbocycles. The van der Waals surface area contributed by atoms with E-state index in [2.05, 4.69) is 46.1 Å². The highest BCUT2D eigenvalue weighted by Crippen LogP contribution is 2.30. The number of hydrogen-bond acceptors (Lipinski definition) is 4. The van der Waals surface area contributed by atoms with Crippen molar-refractivity contribution in [1.29, 1.82) is 0 Å². The van der Waals surface area contributed by atoms with E-state index in [-0.39, 0.29) is 0 Å². The molecule has 5 heteroatoms. The summed E-state index contributed by atoms with van der Waals surface area (Å²) < 4.78 is 2.28. The molecule has 0 saturated carbocycles. The van der Waals surface area contributed by atoms with Crippen LogP contribution in [0.3, 0.4) is 0 Å². The summed E-state index contributed by atoms with van der Waals surface area (Å²) in [5.41, 5.74) is 0. The third-order valence-corrected chi connectivity index (χ3v) is 4.35. The van der Waals surface area contributed by atoms with Gasteiger partial charge in [-0.1, -0.05) is 13.3 Å². The molecular weight excluding hydrogens is 244 g/mol. The number of rotatable bonds is 3. The Bertz CT molecular complexity index is 543. The van der Waals surface area contributed by atoms with Crippen LogP contribution in [0.4, 0.5) is 0 Å². The number of aromatic nitrogens is 3. The van der Waals surface area contributed by atoms with Crippen LogP contribution in [0, 0.1) is 6.92 Å². The van der Waals surface area contributed by atoms with Gasteiger partial charge in [0.1, 0.15) is 0 Å². The lowest BCUT2D eigenvalue weighted by Gasteiger charge is -2.24. The summed E-state index contributed by atoms with van der Waals surface area (Å²) in [7, 11) is 0. The van der Waals surface area contributed by atoms with E-state index in [0.717, 1.165) is 37.6 Å². The van der Waals surface area contributed by atoms with Gasteiger partial charge < -0.3 is 9.88 Å². The molecule has 2 aromatic rings. The summed E-state index contributed by atoms with van der Waals surface area (Å²) in [6.07, 6.45) is 2.29. The monoisotopic (exact) mass is 262 g/mol. The van der Waals surface area contributed by atoms with Gasteiger partial charge >= 0.3 is 0 Å². The first-order chi connectivity index (χ1) is 8.79. The molecule has 0 amide bonds. The summed E-state index contributed by atoms with van der Waals surface area (Å²) in [6.45, 7) is 6.31. The quantitative estimate of drug-likeness (QED) is 0.925. The number of nitrogens with one attached hydrogen (secondary N) is 1. The van der Waals surface area contributed by atoms with E-state index in [1.807, 2.05) is 0 Å². The molecule has 3 rings (SSSR count). The van der Waals surface area contributed by atoms with Gasteiger partial charge in [0.15, 0.2) is 11.6 Å². The molecule has 0 bridgehead atoms. The first-order valence-electron chi connectivity index (χ1n) is 6.53. The van der Waals surface area contributed by atoms with E-state index in [1.54, 1.807) is 11.3 Å². The van der Waals surface area contributed by atoms with E-state index in [9.17, 15) is 0 Å². The third-order valence-electron chi connectivity index (χ3n) is 3.36. The van der Waals surface area contributed by atoms with Crippen molar-refractivity contribution >= 4 is 11.3 Å². The van der Waals surface area contributed by atoms with Gasteiger partial charge in [-0.05, 0) is 25.5 Å². The van der Waals surface area contributed by atoms with Crippen LogP contribution in [0.2, 0.25) is 0 Å². The van der Waals surface area contributed by atoms with Gasteiger partial charge in [0, 0.05) is 18.0 Å². The molecule has 3 heterocycles. The second kappa shape index (κ2) is 4.82. The lowest BCUT2D eigenvalue weighted by molar-refractivity contribution is 0.394. The molecule has 1 aliphatic heterocycles. The maximum atomic E-state index is 4.40. The van der Waals surface area contributed by atoms with Gasteiger partial charge in [0.25, 0.3) is 0 Å². The van der Waals surface area contributed by atoms with Crippen molar-refractivity contribution in [2.45, 2.75) is 39.3 Å². The predicted octanol–water partition coefficient (Wildman–Crippen LogP) is 2.76. The lowest BCUT2D eigenvalue weighted by atomic mass is 10.1. The Morgan fingerprint density at radius 2 is 2.33 bits per heavy atom. The molecule has 0 aromatic carbocycles. The molecular formula is C13H18N4S. The molecule has 1 unspecified atom stereocenters. The van der Waals surface area contributed by atoms with E-state index >= 15 is 0 Å². The minimum Gasteiger partial charge on any atom is -0.308 e. The summed E-state index contributed by atoms with van der Waals surface area (Å²) in [5, 5.41) is 12.3. The second-order valence-electron chi connectivity index (χ2n) is 4.74. The van der Waals surface area contributed by atoms with Gasteiger partial charge in [-0.25, -0.2) is 0 Å². The van der Waals surface area contributed by atoms with Crippen LogP contribution in [0.15, 0.2) is 12.1 Å². The number of hydrogen-bond donors (Lipinski definition) is 1. The van der Waals surface area contributed by atoms with Crippen molar-refractivity contribution in [3.05, 3.63) is 22.8 Å². The van der Waals surface area contributed by atoms with Crippen LogP contribution in [0.5, 0.6) is 0 Å². The Kier molecular flexibility index (Phi) is 3.18. The Morgan fingerprint density at radius 1 is 1.44 bits per heavy atom. The number of aryl methyl sites for hydroxylation is 1. The molecule has 0 spiro atoms. The first-order valence-corrected chi connectivity index (χ1v) is 7.34. The summed E-state index contributed by atoms with van der Waals surface area (Å²) in [6, 6.07) is 4.66. The minimum atomic E-state index is 0.367. The van der Waals surface area contributed by atoms with Crippen LogP contribution < -0.4 is 5.32 Å².